The van der Waals surface area contributed by atoms with Gasteiger partial charge in [-0.1, -0.05) is 32.1 Å². The number of likely N-dealkylation sites (N-methyl/N-ethyl adjacent to an activating group) is 1. The van der Waals surface area contributed by atoms with Crippen LogP contribution in [0.3, 0.4) is 0 Å². The fraction of sp³-hybridized carbons (Fsp3) is 0.533. The zero-order valence-corrected chi connectivity index (χ0v) is 11.7. The fourth-order valence-electron chi connectivity index (χ4n) is 1.93. The first kappa shape index (κ1) is 14.7. The molecule has 1 aromatic heterocycles. The maximum Gasteiger partial charge on any atom is 0.212 e. The van der Waals surface area contributed by atoms with Crippen LogP contribution in [0.2, 0.25) is 0 Å². The molecule has 0 aliphatic heterocycles. The summed E-state index contributed by atoms with van der Waals surface area (Å²) in [5, 5.41) is 3.51. The van der Waals surface area contributed by atoms with Gasteiger partial charge in [-0.25, -0.2) is 4.98 Å². The molecule has 1 aromatic rings. The molecule has 0 aromatic carbocycles. The van der Waals surface area contributed by atoms with Crippen molar-refractivity contribution in [2.24, 2.45) is 0 Å². The zero-order valence-electron chi connectivity index (χ0n) is 11.7. The first-order valence-electron chi connectivity index (χ1n) is 6.58. The Morgan fingerprint density at radius 2 is 2.22 bits per heavy atom. The minimum Gasteiger partial charge on any atom is -0.481 e. The van der Waals surface area contributed by atoms with Gasteiger partial charge in [0.1, 0.15) is 0 Å². The van der Waals surface area contributed by atoms with E-state index in [0.29, 0.717) is 11.9 Å². The molecule has 1 unspecified atom stereocenters. The van der Waals surface area contributed by atoms with Gasteiger partial charge in [-0.15, -0.1) is 0 Å². The van der Waals surface area contributed by atoms with Gasteiger partial charge >= 0.3 is 0 Å². The lowest BCUT2D eigenvalue weighted by molar-refractivity contribution is 0.397. The summed E-state index contributed by atoms with van der Waals surface area (Å²) in [5.74, 6) is 0.664. The second-order valence-electron chi connectivity index (χ2n) is 4.48. The molecule has 0 aliphatic rings. The van der Waals surface area contributed by atoms with Crippen LogP contribution >= 0.6 is 0 Å². The van der Waals surface area contributed by atoms with Crippen molar-refractivity contribution in [3.63, 3.8) is 0 Å². The molecule has 1 heterocycles. The van der Waals surface area contributed by atoms with Gasteiger partial charge in [0, 0.05) is 18.3 Å². The predicted octanol–water partition coefficient (Wildman–Crippen LogP) is 2.97. The van der Waals surface area contributed by atoms with Crippen LogP contribution in [0.4, 0.5) is 0 Å². The summed E-state index contributed by atoms with van der Waals surface area (Å²) in [7, 11) is 1.63. The molecule has 0 bridgehead atoms. The Balaban J connectivity index is 2.60. The summed E-state index contributed by atoms with van der Waals surface area (Å²) in [6.45, 7) is 9.35. The molecule has 1 atom stereocenters. The molecule has 0 fully saturated rings. The fourth-order valence-corrected chi connectivity index (χ4v) is 1.93. The molecule has 1 rings (SSSR count). The van der Waals surface area contributed by atoms with E-state index in [1.165, 1.54) is 11.1 Å². The molecular formula is C15H24N2O. The van der Waals surface area contributed by atoms with Gasteiger partial charge < -0.3 is 10.1 Å². The predicted molar refractivity (Wildman–Crippen MR) is 76.0 cm³/mol. The van der Waals surface area contributed by atoms with Crippen molar-refractivity contribution >= 4 is 0 Å². The molecule has 3 heteroatoms. The van der Waals surface area contributed by atoms with E-state index in [0.717, 1.165) is 25.8 Å². The molecule has 0 radical (unpaired) electrons. The number of aromatic nitrogens is 1. The molecule has 0 aliphatic carbocycles. The van der Waals surface area contributed by atoms with E-state index in [1.54, 1.807) is 7.11 Å². The summed E-state index contributed by atoms with van der Waals surface area (Å²) in [4.78, 5) is 4.24. The van der Waals surface area contributed by atoms with Crippen molar-refractivity contribution in [2.75, 3.05) is 13.7 Å². The lowest BCUT2D eigenvalue weighted by Gasteiger charge is -2.18. The number of rotatable bonds is 8. The maximum absolute atomic E-state index is 5.06. The van der Waals surface area contributed by atoms with E-state index in [-0.39, 0.29) is 0 Å². The van der Waals surface area contributed by atoms with Crippen LogP contribution in [0.5, 0.6) is 5.88 Å². The molecular weight excluding hydrogens is 224 g/mol. The van der Waals surface area contributed by atoms with Crippen molar-refractivity contribution in [3.05, 3.63) is 36.0 Å². The molecule has 100 valence electrons. The van der Waals surface area contributed by atoms with E-state index >= 15 is 0 Å². The third-order valence-electron chi connectivity index (χ3n) is 3.02. The van der Waals surface area contributed by atoms with Gasteiger partial charge in [0.25, 0.3) is 0 Å². The highest BCUT2D eigenvalue weighted by atomic mass is 16.5. The SMILES string of the molecule is C=C(CC)CC(Cc1ccc(OC)nc1)NCC. The number of nitrogens with zero attached hydrogens (tertiary/aromatic N) is 1. The van der Waals surface area contributed by atoms with Crippen LogP contribution in [0.15, 0.2) is 30.5 Å². The van der Waals surface area contributed by atoms with Gasteiger partial charge in [-0.05, 0) is 31.4 Å². The van der Waals surface area contributed by atoms with Crippen molar-refractivity contribution in [2.45, 2.75) is 39.2 Å². The summed E-state index contributed by atoms with van der Waals surface area (Å²) in [5.41, 5.74) is 2.52. The van der Waals surface area contributed by atoms with Gasteiger partial charge in [0.05, 0.1) is 7.11 Å². The highest BCUT2D eigenvalue weighted by Gasteiger charge is 2.10. The number of nitrogens with one attached hydrogen (secondary N) is 1. The second kappa shape index (κ2) is 7.88. The summed E-state index contributed by atoms with van der Waals surface area (Å²) < 4.78 is 5.06. The van der Waals surface area contributed by atoms with E-state index in [9.17, 15) is 0 Å². The van der Waals surface area contributed by atoms with Gasteiger partial charge in [0.15, 0.2) is 0 Å². The molecule has 0 spiro atoms. The standard InChI is InChI=1S/C15H24N2O/c1-5-12(3)9-14(16-6-2)10-13-7-8-15(18-4)17-11-13/h7-8,11,14,16H,3,5-6,9-10H2,1-2,4H3. The topological polar surface area (TPSA) is 34.1 Å². The largest absolute Gasteiger partial charge is 0.481 e. The number of hydrogen-bond donors (Lipinski definition) is 1. The minimum absolute atomic E-state index is 0.442. The monoisotopic (exact) mass is 248 g/mol. The van der Waals surface area contributed by atoms with Crippen LogP contribution < -0.4 is 10.1 Å². The van der Waals surface area contributed by atoms with Crippen LogP contribution in [-0.4, -0.2) is 24.7 Å². The minimum atomic E-state index is 0.442. The van der Waals surface area contributed by atoms with E-state index in [1.807, 2.05) is 12.3 Å². The molecule has 3 nitrogen and oxygen atoms in total. The lowest BCUT2D eigenvalue weighted by Crippen LogP contribution is -2.31. The lowest BCUT2D eigenvalue weighted by atomic mass is 9.99. The zero-order chi connectivity index (χ0) is 13.4. The highest BCUT2D eigenvalue weighted by Crippen LogP contribution is 2.13. The molecule has 18 heavy (non-hydrogen) atoms. The van der Waals surface area contributed by atoms with Crippen LogP contribution in [0.25, 0.3) is 0 Å². The molecule has 0 saturated carbocycles. The van der Waals surface area contributed by atoms with E-state index in [2.05, 4.69) is 36.8 Å². The van der Waals surface area contributed by atoms with Crippen molar-refractivity contribution in [1.82, 2.24) is 10.3 Å². The molecule has 0 amide bonds. The Labute approximate surface area is 110 Å². The van der Waals surface area contributed by atoms with E-state index < -0.39 is 0 Å². The normalized spacial score (nSPS) is 12.2. The Morgan fingerprint density at radius 1 is 1.44 bits per heavy atom. The average Bonchev–Trinajstić information content (AvgIpc) is 2.39. The highest BCUT2D eigenvalue weighted by molar-refractivity contribution is 5.19. The van der Waals surface area contributed by atoms with Crippen molar-refractivity contribution < 1.29 is 4.74 Å². The third kappa shape index (κ3) is 4.88. The summed E-state index contributed by atoms with van der Waals surface area (Å²) in [6.07, 6.45) is 4.93. The Hall–Kier alpha value is -1.35. The quantitative estimate of drug-likeness (QED) is 0.718. The van der Waals surface area contributed by atoms with Crippen LogP contribution in [-0.2, 0) is 6.42 Å². The van der Waals surface area contributed by atoms with Gasteiger partial charge in [-0.2, -0.15) is 0 Å². The van der Waals surface area contributed by atoms with Gasteiger partial charge in [0.2, 0.25) is 5.88 Å². The Kier molecular flexibility index (Phi) is 6.44. The van der Waals surface area contributed by atoms with Crippen LogP contribution in [0.1, 0.15) is 32.3 Å². The first-order valence-corrected chi connectivity index (χ1v) is 6.58. The Bertz CT molecular complexity index is 359. The van der Waals surface area contributed by atoms with Gasteiger partial charge in [-0.3, -0.25) is 0 Å². The number of methoxy groups -OCH3 is 1. The average molecular weight is 248 g/mol. The number of hydrogen-bond acceptors (Lipinski definition) is 3. The number of ether oxygens (including phenoxy) is 1. The molecule has 0 saturated heterocycles. The first-order chi connectivity index (χ1) is 8.69. The molecule has 1 N–H and O–H groups in total. The smallest absolute Gasteiger partial charge is 0.212 e. The second-order valence-corrected chi connectivity index (χ2v) is 4.48. The summed E-state index contributed by atoms with van der Waals surface area (Å²) >= 11 is 0. The number of pyridine rings is 1. The maximum atomic E-state index is 5.06. The van der Waals surface area contributed by atoms with Crippen molar-refractivity contribution in [1.29, 1.82) is 0 Å². The summed E-state index contributed by atoms with van der Waals surface area (Å²) in [6, 6.07) is 4.43. The third-order valence-corrected chi connectivity index (χ3v) is 3.02. The van der Waals surface area contributed by atoms with Crippen molar-refractivity contribution in [3.8, 4) is 5.88 Å². The van der Waals surface area contributed by atoms with Crippen LogP contribution in [0, 0.1) is 0 Å². The Morgan fingerprint density at radius 3 is 2.72 bits per heavy atom. The van der Waals surface area contributed by atoms with E-state index in [4.69, 9.17) is 4.74 Å².